The fourth-order valence-corrected chi connectivity index (χ4v) is 4.05. The van der Waals surface area contributed by atoms with Gasteiger partial charge in [0.15, 0.2) is 11.0 Å². The molecule has 0 spiro atoms. The number of halogens is 1. The zero-order chi connectivity index (χ0) is 25.2. The molecular weight excluding hydrogens is 496 g/mol. The highest BCUT2D eigenvalue weighted by Gasteiger charge is 2.15. The Kier molecular flexibility index (Phi) is 8.85. The van der Waals surface area contributed by atoms with Gasteiger partial charge in [-0.1, -0.05) is 59.8 Å². The first-order valence-electron chi connectivity index (χ1n) is 11.0. The van der Waals surface area contributed by atoms with E-state index in [0.29, 0.717) is 39.7 Å². The predicted octanol–water partition coefficient (Wildman–Crippen LogP) is 6.84. The summed E-state index contributed by atoms with van der Waals surface area (Å²) in [6.07, 6.45) is 1.74. The van der Waals surface area contributed by atoms with Crippen molar-refractivity contribution < 1.29 is 9.53 Å². The molecule has 4 rings (SSSR count). The number of nitrogens with one attached hydrogen (secondary N) is 1. The van der Waals surface area contributed by atoms with Gasteiger partial charge in [-0.25, -0.2) is 0 Å². The van der Waals surface area contributed by atoms with E-state index in [9.17, 15) is 4.79 Å². The minimum Gasteiger partial charge on any atom is -0.484 e. The van der Waals surface area contributed by atoms with E-state index in [-0.39, 0.29) is 18.3 Å². The van der Waals surface area contributed by atoms with E-state index in [1.165, 1.54) is 11.8 Å². The first-order valence-corrected chi connectivity index (χ1v) is 12.4. The number of aromatic nitrogens is 3. The Morgan fingerprint density at radius 1 is 1.00 bits per heavy atom. The second kappa shape index (κ2) is 12.7. The lowest BCUT2D eigenvalue weighted by molar-refractivity contribution is -0.113. The number of nitrogens with zero attached hydrogens (tertiary/aromatic N) is 5. The Bertz CT molecular complexity index is 1340. The third-order valence-corrected chi connectivity index (χ3v) is 6.10. The molecule has 1 heterocycles. The standard InChI is InChI=1S/C26H23ClN6O2S/c1-2-16-33-24(17-35-23-11-7-6-10-22(23)27)31-32-26(33)36-18-25(34)28-19-12-14-21(15-13-19)30-29-20-8-4-3-5-9-20/h2-15H,1,16-18H2,(H,28,34). The van der Waals surface area contributed by atoms with Crippen LogP contribution in [0.1, 0.15) is 5.82 Å². The smallest absolute Gasteiger partial charge is 0.234 e. The number of hydrogen-bond acceptors (Lipinski definition) is 7. The number of ether oxygens (including phenoxy) is 1. The van der Waals surface area contributed by atoms with Crippen LogP contribution < -0.4 is 10.1 Å². The molecule has 0 saturated carbocycles. The third-order valence-electron chi connectivity index (χ3n) is 4.82. The van der Waals surface area contributed by atoms with Crippen LogP contribution in [0.5, 0.6) is 5.75 Å². The molecule has 0 aliphatic carbocycles. The number of para-hydroxylation sites is 1. The third kappa shape index (κ3) is 7.03. The van der Waals surface area contributed by atoms with Crippen LogP contribution in [0.2, 0.25) is 5.02 Å². The molecule has 8 nitrogen and oxygen atoms in total. The summed E-state index contributed by atoms with van der Waals surface area (Å²) in [5.41, 5.74) is 2.13. The number of azo groups is 1. The Labute approximate surface area is 218 Å². The molecule has 10 heteroatoms. The van der Waals surface area contributed by atoms with Gasteiger partial charge in [-0.05, 0) is 48.5 Å². The zero-order valence-electron chi connectivity index (χ0n) is 19.3. The first-order chi connectivity index (χ1) is 17.6. The van der Waals surface area contributed by atoms with Crippen LogP contribution in [0.3, 0.4) is 0 Å². The molecule has 1 N–H and O–H groups in total. The molecule has 1 amide bonds. The van der Waals surface area contributed by atoms with Crippen molar-refractivity contribution in [3.05, 3.63) is 102 Å². The molecule has 3 aromatic carbocycles. The Balaban J connectivity index is 1.31. The van der Waals surface area contributed by atoms with Crippen LogP contribution in [0.25, 0.3) is 0 Å². The van der Waals surface area contributed by atoms with Crippen molar-refractivity contribution in [1.29, 1.82) is 0 Å². The summed E-state index contributed by atoms with van der Waals surface area (Å²) in [6.45, 7) is 4.47. The van der Waals surface area contributed by atoms with Gasteiger partial charge >= 0.3 is 0 Å². The SMILES string of the molecule is C=CCn1c(COc2ccccc2Cl)nnc1SCC(=O)Nc1ccc(N=Nc2ccccc2)cc1. The quantitative estimate of drug-likeness (QED) is 0.133. The summed E-state index contributed by atoms with van der Waals surface area (Å²) < 4.78 is 7.64. The second-order valence-corrected chi connectivity index (χ2v) is 8.79. The van der Waals surface area contributed by atoms with E-state index >= 15 is 0 Å². The van der Waals surface area contributed by atoms with Gasteiger partial charge in [-0.2, -0.15) is 10.2 Å². The van der Waals surface area contributed by atoms with Crippen molar-refractivity contribution in [1.82, 2.24) is 14.8 Å². The molecule has 0 fully saturated rings. The van der Waals surface area contributed by atoms with Crippen molar-refractivity contribution in [2.45, 2.75) is 18.3 Å². The average Bonchev–Trinajstić information content (AvgIpc) is 3.29. The lowest BCUT2D eigenvalue weighted by Crippen LogP contribution is -2.15. The van der Waals surface area contributed by atoms with Crippen molar-refractivity contribution in [3.8, 4) is 5.75 Å². The topological polar surface area (TPSA) is 93.8 Å². The van der Waals surface area contributed by atoms with Gasteiger partial charge in [0, 0.05) is 12.2 Å². The van der Waals surface area contributed by atoms with Crippen molar-refractivity contribution in [2.75, 3.05) is 11.1 Å². The fourth-order valence-electron chi connectivity index (χ4n) is 3.10. The minimum absolute atomic E-state index is 0.163. The molecule has 0 aliphatic heterocycles. The van der Waals surface area contributed by atoms with E-state index in [4.69, 9.17) is 16.3 Å². The first kappa shape index (κ1) is 25.2. The number of carbonyl (C=O) groups excluding carboxylic acids is 1. The van der Waals surface area contributed by atoms with Gasteiger partial charge in [-0.3, -0.25) is 9.36 Å². The average molecular weight is 519 g/mol. The molecule has 0 unspecified atom stereocenters. The summed E-state index contributed by atoms with van der Waals surface area (Å²) in [5.74, 6) is 1.17. The fraction of sp³-hybridized carbons (Fsp3) is 0.115. The molecule has 0 atom stereocenters. The maximum Gasteiger partial charge on any atom is 0.234 e. The van der Waals surface area contributed by atoms with Crippen molar-refractivity contribution in [2.24, 2.45) is 10.2 Å². The molecule has 0 saturated heterocycles. The number of thioether (sulfide) groups is 1. The van der Waals surface area contributed by atoms with Gasteiger partial charge in [0.2, 0.25) is 5.91 Å². The summed E-state index contributed by atoms with van der Waals surface area (Å²) >= 11 is 7.44. The largest absolute Gasteiger partial charge is 0.484 e. The van der Waals surface area contributed by atoms with Crippen molar-refractivity contribution >= 4 is 46.3 Å². The van der Waals surface area contributed by atoms with Gasteiger partial charge in [0.05, 0.1) is 22.2 Å². The Morgan fingerprint density at radius 2 is 1.69 bits per heavy atom. The predicted molar refractivity (Wildman–Crippen MR) is 142 cm³/mol. The van der Waals surface area contributed by atoms with Gasteiger partial charge in [0.25, 0.3) is 0 Å². The van der Waals surface area contributed by atoms with Gasteiger partial charge in [0.1, 0.15) is 12.4 Å². The number of hydrogen-bond donors (Lipinski definition) is 1. The van der Waals surface area contributed by atoms with Crippen molar-refractivity contribution in [3.63, 3.8) is 0 Å². The minimum atomic E-state index is -0.166. The second-order valence-electron chi connectivity index (χ2n) is 7.44. The summed E-state index contributed by atoms with van der Waals surface area (Å²) in [7, 11) is 0. The van der Waals surface area contributed by atoms with Gasteiger partial charge < -0.3 is 10.1 Å². The lowest BCUT2D eigenvalue weighted by atomic mass is 10.3. The van der Waals surface area contributed by atoms with Crippen LogP contribution in [0.4, 0.5) is 17.1 Å². The highest BCUT2D eigenvalue weighted by atomic mass is 35.5. The van der Waals surface area contributed by atoms with Crippen LogP contribution in [-0.2, 0) is 17.9 Å². The van der Waals surface area contributed by atoms with Crippen LogP contribution in [0.15, 0.2) is 107 Å². The maximum atomic E-state index is 12.5. The van der Waals surface area contributed by atoms with E-state index in [1.807, 2.05) is 47.0 Å². The van der Waals surface area contributed by atoms with Crippen LogP contribution >= 0.6 is 23.4 Å². The molecule has 1 aromatic heterocycles. The molecular formula is C26H23ClN6O2S. The van der Waals surface area contributed by atoms with E-state index in [1.54, 1.807) is 42.5 Å². The van der Waals surface area contributed by atoms with Crippen LogP contribution in [-0.4, -0.2) is 26.4 Å². The lowest BCUT2D eigenvalue weighted by Gasteiger charge is -2.10. The Hall–Kier alpha value is -3.95. The number of benzene rings is 3. The van der Waals surface area contributed by atoms with E-state index in [0.717, 1.165) is 5.69 Å². The normalized spacial score (nSPS) is 10.9. The zero-order valence-corrected chi connectivity index (χ0v) is 20.8. The molecule has 0 radical (unpaired) electrons. The number of allylic oxidation sites excluding steroid dienone is 1. The molecule has 182 valence electrons. The summed E-state index contributed by atoms with van der Waals surface area (Å²) in [4.78, 5) is 12.5. The molecule has 0 bridgehead atoms. The summed E-state index contributed by atoms with van der Waals surface area (Å²) in [6, 6.07) is 23.9. The number of anilines is 1. The molecule has 4 aromatic rings. The monoisotopic (exact) mass is 518 g/mol. The maximum absolute atomic E-state index is 12.5. The molecule has 0 aliphatic rings. The highest BCUT2D eigenvalue weighted by molar-refractivity contribution is 7.99. The van der Waals surface area contributed by atoms with E-state index < -0.39 is 0 Å². The van der Waals surface area contributed by atoms with Gasteiger partial charge in [-0.15, -0.1) is 16.8 Å². The Morgan fingerprint density at radius 3 is 2.42 bits per heavy atom. The van der Waals surface area contributed by atoms with Crippen LogP contribution in [0, 0.1) is 0 Å². The number of rotatable bonds is 11. The summed E-state index contributed by atoms with van der Waals surface area (Å²) in [5, 5.41) is 20.8. The molecule has 36 heavy (non-hydrogen) atoms. The highest BCUT2D eigenvalue weighted by Crippen LogP contribution is 2.25. The van der Waals surface area contributed by atoms with E-state index in [2.05, 4.69) is 32.3 Å². The number of carbonyl (C=O) groups is 1. The number of amides is 1.